The van der Waals surface area contributed by atoms with E-state index in [0.717, 1.165) is 63.6 Å². The standard InChI is InChI=1S/C19H30N6S.HI/c1-3-16-15-25-18(26-16)10-14-24-19(20-4-2)23-13-8-7-12-22-17-9-5-6-11-21-17;/h5-6,9,11,15H,3-4,7-8,10,12-14H2,1-2H3,(H,21,22)(H2,20,23,24);1H. The number of thiazole rings is 1. The second-order valence-corrected chi connectivity index (χ2v) is 7.06. The molecule has 0 aromatic carbocycles. The van der Waals surface area contributed by atoms with Crippen LogP contribution in [0.25, 0.3) is 0 Å². The van der Waals surface area contributed by atoms with Gasteiger partial charge in [0, 0.05) is 49.9 Å². The molecule has 8 heteroatoms. The molecule has 0 saturated carbocycles. The third-order valence-corrected chi connectivity index (χ3v) is 4.95. The predicted molar refractivity (Wildman–Crippen MR) is 127 cm³/mol. The molecule has 3 N–H and O–H groups in total. The van der Waals surface area contributed by atoms with Gasteiger partial charge in [0.25, 0.3) is 0 Å². The van der Waals surface area contributed by atoms with Crippen molar-refractivity contribution in [2.24, 2.45) is 4.99 Å². The van der Waals surface area contributed by atoms with Gasteiger partial charge in [0.05, 0.1) is 5.01 Å². The molecule has 2 aromatic heterocycles. The van der Waals surface area contributed by atoms with Gasteiger partial charge in [-0.25, -0.2) is 9.97 Å². The van der Waals surface area contributed by atoms with Crippen molar-refractivity contribution in [1.29, 1.82) is 0 Å². The molecule has 0 aliphatic carbocycles. The highest BCUT2D eigenvalue weighted by atomic mass is 127. The molecule has 0 amide bonds. The predicted octanol–water partition coefficient (Wildman–Crippen LogP) is 3.71. The van der Waals surface area contributed by atoms with Gasteiger partial charge < -0.3 is 16.0 Å². The second kappa shape index (κ2) is 14.6. The minimum Gasteiger partial charge on any atom is -0.370 e. The first-order chi connectivity index (χ1) is 12.8. The van der Waals surface area contributed by atoms with Gasteiger partial charge in [-0.3, -0.25) is 4.99 Å². The van der Waals surface area contributed by atoms with Crippen molar-refractivity contribution in [2.45, 2.75) is 39.5 Å². The summed E-state index contributed by atoms with van der Waals surface area (Å²) < 4.78 is 0. The van der Waals surface area contributed by atoms with Crippen LogP contribution in [0.3, 0.4) is 0 Å². The smallest absolute Gasteiger partial charge is 0.191 e. The van der Waals surface area contributed by atoms with E-state index in [0.29, 0.717) is 0 Å². The lowest BCUT2D eigenvalue weighted by Crippen LogP contribution is -2.38. The number of aliphatic imine (C=N–C) groups is 1. The lowest BCUT2D eigenvalue weighted by molar-refractivity contribution is 0.749. The summed E-state index contributed by atoms with van der Waals surface area (Å²) in [6.45, 7) is 7.70. The van der Waals surface area contributed by atoms with E-state index in [1.165, 1.54) is 9.88 Å². The van der Waals surface area contributed by atoms with Crippen molar-refractivity contribution in [3.05, 3.63) is 40.5 Å². The van der Waals surface area contributed by atoms with E-state index in [1.54, 1.807) is 17.5 Å². The number of hydrogen-bond acceptors (Lipinski definition) is 5. The van der Waals surface area contributed by atoms with Crippen LogP contribution >= 0.6 is 35.3 Å². The van der Waals surface area contributed by atoms with Gasteiger partial charge >= 0.3 is 0 Å². The summed E-state index contributed by atoms with van der Waals surface area (Å²) in [4.78, 5) is 14.7. The van der Waals surface area contributed by atoms with Crippen molar-refractivity contribution in [3.8, 4) is 0 Å². The first kappa shape index (κ1) is 23.6. The van der Waals surface area contributed by atoms with Gasteiger partial charge in [-0.05, 0) is 38.3 Å². The zero-order valence-corrected chi connectivity index (χ0v) is 19.3. The van der Waals surface area contributed by atoms with Gasteiger partial charge in [0.1, 0.15) is 5.82 Å². The lowest BCUT2D eigenvalue weighted by Gasteiger charge is -2.10. The van der Waals surface area contributed by atoms with Crippen LogP contribution in [0.4, 0.5) is 5.82 Å². The second-order valence-electron chi connectivity index (χ2n) is 5.86. The van der Waals surface area contributed by atoms with Crippen LogP contribution < -0.4 is 16.0 Å². The van der Waals surface area contributed by atoms with Crippen LogP contribution in [-0.2, 0) is 12.8 Å². The minimum absolute atomic E-state index is 0. The van der Waals surface area contributed by atoms with Crippen molar-refractivity contribution < 1.29 is 0 Å². The van der Waals surface area contributed by atoms with Crippen molar-refractivity contribution in [2.75, 3.05) is 31.5 Å². The third-order valence-electron chi connectivity index (χ3n) is 3.75. The van der Waals surface area contributed by atoms with Gasteiger partial charge in [0.15, 0.2) is 5.96 Å². The Hall–Kier alpha value is -1.42. The molecule has 2 heterocycles. The van der Waals surface area contributed by atoms with Crippen LogP contribution in [0.15, 0.2) is 35.6 Å². The van der Waals surface area contributed by atoms with E-state index in [2.05, 4.69) is 44.8 Å². The number of nitrogens with one attached hydrogen (secondary N) is 3. The molecule has 0 atom stereocenters. The maximum absolute atomic E-state index is 4.64. The number of halogens is 1. The molecule has 0 unspecified atom stereocenters. The topological polar surface area (TPSA) is 74.2 Å². The Bertz CT molecular complexity index is 647. The fourth-order valence-corrected chi connectivity index (χ4v) is 3.23. The highest BCUT2D eigenvalue weighted by molar-refractivity contribution is 14.0. The summed E-state index contributed by atoms with van der Waals surface area (Å²) in [5.41, 5.74) is 0. The Morgan fingerprint density at radius 2 is 2.00 bits per heavy atom. The molecule has 0 saturated heterocycles. The Balaban J connectivity index is 0.00000364. The molecule has 0 aliphatic rings. The van der Waals surface area contributed by atoms with Crippen LogP contribution in [0.5, 0.6) is 0 Å². The highest BCUT2D eigenvalue weighted by Gasteiger charge is 2.02. The largest absolute Gasteiger partial charge is 0.370 e. The number of anilines is 1. The van der Waals surface area contributed by atoms with Gasteiger partial charge in [-0.1, -0.05) is 13.0 Å². The van der Waals surface area contributed by atoms with Crippen LogP contribution in [-0.4, -0.2) is 42.1 Å². The summed E-state index contributed by atoms with van der Waals surface area (Å²) in [5, 5.41) is 11.2. The first-order valence-corrected chi connectivity index (χ1v) is 10.2. The third kappa shape index (κ3) is 9.90. The number of pyridine rings is 1. The average molecular weight is 502 g/mol. The van der Waals surface area contributed by atoms with Crippen LogP contribution in [0.1, 0.15) is 36.6 Å². The van der Waals surface area contributed by atoms with E-state index in [9.17, 15) is 0 Å². The molecule has 27 heavy (non-hydrogen) atoms. The quantitative estimate of drug-likeness (QED) is 0.189. The zero-order valence-electron chi connectivity index (χ0n) is 16.2. The minimum atomic E-state index is 0. The number of aromatic nitrogens is 2. The maximum Gasteiger partial charge on any atom is 0.191 e. The molecular formula is C19H31IN6S. The number of nitrogens with zero attached hydrogens (tertiary/aromatic N) is 3. The van der Waals surface area contributed by atoms with E-state index in [4.69, 9.17) is 0 Å². The van der Waals surface area contributed by atoms with Crippen LogP contribution in [0.2, 0.25) is 0 Å². The fourth-order valence-electron chi connectivity index (χ4n) is 2.37. The normalized spacial score (nSPS) is 11.0. The number of aryl methyl sites for hydroxylation is 1. The Morgan fingerprint density at radius 3 is 2.70 bits per heavy atom. The summed E-state index contributed by atoms with van der Waals surface area (Å²) in [6.07, 6.45) is 7.89. The SMILES string of the molecule is CCNC(=NCCCCNc1ccccn1)NCCc1ncc(CC)s1.I. The molecule has 2 aromatic rings. The van der Waals surface area contributed by atoms with Crippen LogP contribution in [0, 0.1) is 0 Å². The lowest BCUT2D eigenvalue weighted by atomic mass is 10.3. The molecule has 150 valence electrons. The molecule has 0 bridgehead atoms. The molecular weight excluding hydrogens is 471 g/mol. The van der Waals surface area contributed by atoms with Gasteiger partial charge in [-0.15, -0.1) is 35.3 Å². The van der Waals surface area contributed by atoms with Gasteiger partial charge in [0.2, 0.25) is 0 Å². The Morgan fingerprint density at radius 1 is 1.11 bits per heavy atom. The fraction of sp³-hybridized carbons (Fsp3) is 0.526. The van der Waals surface area contributed by atoms with Crippen molar-refractivity contribution in [1.82, 2.24) is 20.6 Å². The first-order valence-electron chi connectivity index (χ1n) is 9.42. The molecule has 0 fully saturated rings. The molecule has 6 nitrogen and oxygen atoms in total. The van der Waals surface area contributed by atoms with E-state index < -0.39 is 0 Å². The summed E-state index contributed by atoms with van der Waals surface area (Å²) >= 11 is 1.80. The summed E-state index contributed by atoms with van der Waals surface area (Å²) in [6, 6.07) is 5.90. The average Bonchev–Trinajstić information content (AvgIpc) is 3.13. The molecule has 0 aliphatic heterocycles. The number of rotatable bonds is 11. The van der Waals surface area contributed by atoms with E-state index in [1.807, 2.05) is 24.4 Å². The van der Waals surface area contributed by atoms with E-state index in [-0.39, 0.29) is 24.0 Å². The monoisotopic (exact) mass is 502 g/mol. The number of hydrogen-bond donors (Lipinski definition) is 3. The number of unbranched alkanes of at least 4 members (excludes halogenated alkanes) is 1. The zero-order chi connectivity index (χ0) is 18.5. The summed E-state index contributed by atoms with van der Waals surface area (Å²) in [5.74, 6) is 1.82. The Labute approximate surface area is 183 Å². The molecule has 2 rings (SSSR count). The van der Waals surface area contributed by atoms with E-state index >= 15 is 0 Å². The summed E-state index contributed by atoms with van der Waals surface area (Å²) in [7, 11) is 0. The Kier molecular flexibility index (Phi) is 12.8. The maximum atomic E-state index is 4.64. The van der Waals surface area contributed by atoms with Gasteiger partial charge in [-0.2, -0.15) is 0 Å². The van der Waals surface area contributed by atoms with Crippen molar-refractivity contribution in [3.63, 3.8) is 0 Å². The molecule has 0 spiro atoms. The number of guanidine groups is 1. The van der Waals surface area contributed by atoms with Crippen molar-refractivity contribution >= 4 is 47.1 Å². The highest BCUT2D eigenvalue weighted by Crippen LogP contribution is 2.13. The molecule has 0 radical (unpaired) electrons.